The van der Waals surface area contributed by atoms with Gasteiger partial charge in [-0.1, -0.05) is 12.1 Å². The van der Waals surface area contributed by atoms with Gasteiger partial charge in [0.25, 0.3) is 0 Å². The highest BCUT2D eigenvalue weighted by atomic mass is 79.9. The van der Waals surface area contributed by atoms with Gasteiger partial charge in [0.2, 0.25) is 0 Å². The zero-order valence-corrected chi connectivity index (χ0v) is 14.1. The Kier molecular flexibility index (Phi) is 4.31. The molecular weight excluding hydrogens is 344 g/mol. The number of fused-ring (bicyclic) bond motifs is 1. The summed E-state index contributed by atoms with van der Waals surface area (Å²) in [4.78, 5) is 6.78. The molecule has 2 heterocycles. The van der Waals surface area contributed by atoms with Crippen LogP contribution in [0.25, 0.3) is 10.9 Å². The lowest BCUT2D eigenvalue weighted by atomic mass is 10.0. The van der Waals surface area contributed by atoms with Crippen molar-refractivity contribution in [3.8, 4) is 0 Å². The van der Waals surface area contributed by atoms with E-state index in [4.69, 9.17) is 15.9 Å². The zero-order chi connectivity index (χ0) is 15.7. The summed E-state index contributed by atoms with van der Waals surface area (Å²) in [6.45, 7) is 4.91. The molecule has 116 valence electrons. The van der Waals surface area contributed by atoms with Crippen LogP contribution in [0, 0.1) is 5.41 Å². The number of nitrogens with one attached hydrogen (secondary N) is 1. The number of nitrogens with two attached hydrogens (primary N) is 1. The first-order valence-corrected chi connectivity index (χ1v) is 8.15. The summed E-state index contributed by atoms with van der Waals surface area (Å²) in [7, 11) is 0. The second-order valence-electron chi connectivity index (χ2n) is 5.43. The number of ether oxygens (including phenoxy) is 1. The summed E-state index contributed by atoms with van der Waals surface area (Å²) in [5.74, 6) is 0.409. The number of para-hydroxylation sites is 1. The Bertz CT molecular complexity index is 724. The molecule has 1 saturated heterocycles. The molecule has 2 aromatic rings. The summed E-state index contributed by atoms with van der Waals surface area (Å²) in [5.41, 5.74) is 9.18. The van der Waals surface area contributed by atoms with Gasteiger partial charge in [-0.3, -0.25) is 0 Å². The van der Waals surface area contributed by atoms with Gasteiger partial charge in [0.05, 0.1) is 23.4 Å². The third-order valence-electron chi connectivity index (χ3n) is 3.88. The van der Waals surface area contributed by atoms with Crippen LogP contribution in [0.5, 0.6) is 0 Å². The Labute approximate surface area is 138 Å². The van der Waals surface area contributed by atoms with Crippen LogP contribution in [0.3, 0.4) is 0 Å². The summed E-state index contributed by atoms with van der Waals surface area (Å²) < 4.78 is 6.48. The van der Waals surface area contributed by atoms with Gasteiger partial charge < -0.3 is 20.8 Å². The second-order valence-corrected chi connectivity index (χ2v) is 6.29. The maximum atomic E-state index is 8.13. The second kappa shape index (κ2) is 6.22. The molecule has 1 aromatic carbocycles. The van der Waals surface area contributed by atoms with Gasteiger partial charge >= 0.3 is 0 Å². The van der Waals surface area contributed by atoms with Gasteiger partial charge in [0.15, 0.2) is 0 Å². The number of nitrogens with zero attached hydrogens (tertiary/aromatic N) is 2. The Balaban J connectivity index is 2.30. The van der Waals surface area contributed by atoms with E-state index in [9.17, 15) is 0 Å². The Morgan fingerprint density at radius 2 is 2.18 bits per heavy atom. The van der Waals surface area contributed by atoms with Gasteiger partial charge in [0.1, 0.15) is 5.82 Å². The van der Waals surface area contributed by atoms with Crippen LogP contribution >= 0.6 is 15.9 Å². The lowest BCUT2D eigenvalue weighted by molar-refractivity contribution is 0.152. The van der Waals surface area contributed by atoms with Gasteiger partial charge in [-0.15, -0.1) is 0 Å². The Morgan fingerprint density at radius 1 is 1.36 bits per heavy atom. The van der Waals surface area contributed by atoms with Gasteiger partial charge in [-0.2, -0.15) is 0 Å². The molecule has 0 spiro atoms. The maximum Gasteiger partial charge on any atom is 0.135 e. The van der Waals surface area contributed by atoms with E-state index in [-0.39, 0.29) is 0 Å². The van der Waals surface area contributed by atoms with Crippen LogP contribution < -0.4 is 10.6 Å². The molecule has 0 bridgehead atoms. The number of nitrogen functional groups attached to an aromatic ring is 1. The molecule has 0 amide bonds. The van der Waals surface area contributed by atoms with Gasteiger partial charge in [-0.05, 0) is 35.3 Å². The largest absolute Gasteiger partial charge is 0.383 e. The fourth-order valence-corrected chi connectivity index (χ4v) is 3.38. The number of pyridine rings is 1. The van der Waals surface area contributed by atoms with Crippen LogP contribution in [0.15, 0.2) is 22.7 Å². The molecule has 1 fully saturated rings. The molecule has 3 N–H and O–H groups in total. The number of anilines is 2. The zero-order valence-electron chi connectivity index (χ0n) is 12.5. The summed E-state index contributed by atoms with van der Waals surface area (Å²) >= 11 is 3.55. The Morgan fingerprint density at radius 3 is 2.95 bits per heavy atom. The standard InChI is InChI=1S/C16H19BrN4O/c1-10(18)13-15(21-6-3-8-22-9-7-21)11-4-2-5-12(17)14(11)20-16(13)19/h2,4-5,18H,3,6-9H2,1H3,(H2,19,20). The normalized spacial score (nSPS) is 15.8. The highest BCUT2D eigenvalue weighted by Gasteiger charge is 2.22. The number of halogens is 1. The van der Waals surface area contributed by atoms with Crippen molar-refractivity contribution in [2.24, 2.45) is 0 Å². The first-order chi connectivity index (χ1) is 10.6. The van der Waals surface area contributed by atoms with Crippen molar-refractivity contribution in [3.63, 3.8) is 0 Å². The third-order valence-corrected chi connectivity index (χ3v) is 4.52. The molecule has 0 aliphatic carbocycles. The SMILES string of the molecule is CC(=N)c1c(N)nc2c(Br)cccc2c1N1CCCOCC1. The minimum absolute atomic E-state index is 0.409. The predicted molar refractivity (Wildman–Crippen MR) is 94.0 cm³/mol. The van der Waals surface area contributed by atoms with Crippen molar-refractivity contribution < 1.29 is 4.74 Å². The first-order valence-electron chi connectivity index (χ1n) is 7.35. The van der Waals surface area contributed by atoms with Crippen molar-refractivity contribution in [3.05, 3.63) is 28.2 Å². The molecule has 0 atom stereocenters. The van der Waals surface area contributed by atoms with Crippen molar-refractivity contribution >= 4 is 44.0 Å². The van der Waals surface area contributed by atoms with Crippen molar-refractivity contribution in [1.29, 1.82) is 5.41 Å². The summed E-state index contributed by atoms with van der Waals surface area (Å²) in [5, 5.41) is 9.15. The molecule has 22 heavy (non-hydrogen) atoms. The fraction of sp³-hybridized carbons (Fsp3) is 0.375. The molecule has 0 unspecified atom stereocenters. The van der Waals surface area contributed by atoms with Crippen LogP contribution in [-0.2, 0) is 4.74 Å². The fourth-order valence-electron chi connectivity index (χ4n) is 2.92. The number of hydrogen-bond acceptors (Lipinski definition) is 5. The summed E-state index contributed by atoms with van der Waals surface area (Å²) in [6.07, 6.45) is 0.966. The van der Waals surface area contributed by atoms with Crippen LogP contribution in [0.2, 0.25) is 0 Å². The first kappa shape index (κ1) is 15.2. The van der Waals surface area contributed by atoms with Crippen molar-refractivity contribution in [1.82, 2.24) is 4.98 Å². The molecule has 0 saturated carbocycles. The van der Waals surface area contributed by atoms with Gasteiger partial charge in [-0.25, -0.2) is 4.98 Å². The highest BCUT2D eigenvalue weighted by molar-refractivity contribution is 9.10. The molecule has 0 radical (unpaired) electrons. The molecule has 6 heteroatoms. The molecule has 3 rings (SSSR count). The lowest BCUT2D eigenvalue weighted by Gasteiger charge is -2.27. The predicted octanol–water partition coefficient (Wildman–Crippen LogP) is 3.19. The molecular formula is C16H19BrN4O. The number of rotatable bonds is 2. The van der Waals surface area contributed by atoms with E-state index in [1.165, 1.54) is 0 Å². The monoisotopic (exact) mass is 362 g/mol. The minimum atomic E-state index is 0.409. The topological polar surface area (TPSA) is 75.2 Å². The summed E-state index contributed by atoms with van der Waals surface area (Å²) in [6, 6.07) is 5.99. The van der Waals surface area contributed by atoms with E-state index < -0.39 is 0 Å². The molecule has 1 aliphatic rings. The minimum Gasteiger partial charge on any atom is -0.383 e. The lowest BCUT2D eigenvalue weighted by Crippen LogP contribution is -2.28. The van der Waals surface area contributed by atoms with Crippen LogP contribution in [-0.4, -0.2) is 37.0 Å². The van der Waals surface area contributed by atoms with Crippen molar-refractivity contribution in [2.75, 3.05) is 36.9 Å². The molecule has 1 aromatic heterocycles. The average Bonchev–Trinajstić information content (AvgIpc) is 2.75. The number of hydrogen-bond donors (Lipinski definition) is 2. The maximum absolute atomic E-state index is 8.13. The van der Waals surface area contributed by atoms with E-state index in [0.717, 1.165) is 52.7 Å². The van der Waals surface area contributed by atoms with Crippen molar-refractivity contribution in [2.45, 2.75) is 13.3 Å². The highest BCUT2D eigenvalue weighted by Crippen LogP contribution is 2.36. The van der Waals surface area contributed by atoms with Crippen LogP contribution in [0.1, 0.15) is 18.9 Å². The molecule has 1 aliphatic heterocycles. The van der Waals surface area contributed by atoms with E-state index in [1.54, 1.807) is 6.92 Å². The average molecular weight is 363 g/mol. The number of benzene rings is 1. The molecule has 5 nitrogen and oxygen atoms in total. The van der Waals surface area contributed by atoms with E-state index in [0.29, 0.717) is 18.1 Å². The van der Waals surface area contributed by atoms with E-state index in [2.05, 4.69) is 25.8 Å². The smallest absolute Gasteiger partial charge is 0.135 e. The van der Waals surface area contributed by atoms with Gasteiger partial charge in [0, 0.05) is 35.3 Å². The number of aromatic nitrogens is 1. The van der Waals surface area contributed by atoms with E-state index in [1.807, 2.05) is 18.2 Å². The third kappa shape index (κ3) is 2.68. The quantitative estimate of drug-likeness (QED) is 0.804. The van der Waals surface area contributed by atoms with E-state index >= 15 is 0 Å². The Hall–Kier alpha value is -1.66. The van der Waals surface area contributed by atoms with Crippen LogP contribution in [0.4, 0.5) is 11.5 Å².